The second-order valence-corrected chi connectivity index (χ2v) is 14.1. The number of rotatable bonds is 10. The van der Waals surface area contributed by atoms with E-state index < -0.39 is 23.8 Å². The maximum Gasteiger partial charge on any atom is 0.271 e. The van der Waals surface area contributed by atoms with Crippen LogP contribution in [0.15, 0.2) is 95.9 Å². The van der Waals surface area contributed by atoms with Crippen molar-refractivity contribution < 1.29 is 17.6 Å². The van der Waals surface area contributed by atoms with E-state index in [1.165, 1.54) is 0 Å². The van der Waals surface area contributed by atoms with Gasteiger partial charge in [0.2, 0.25) is 0 Å². The molecule has 0 radical (unpaired) electrons. The Bertz CT molecular complexity index is 1010. The van der Waals surface area contributed by atoms with E-state index in [1.54, 1.807) is 31.4 Å². The summed E-state index contributed by atoms with van der Waals surface area (Å²) in [6.45, 7) is 4.55. The zero-order chi connectivity index (χ0) is 22.4. The molecule has 0 aromatic heterocycles. The Hall–Kier alpha value is -2.25. The number of hydrogen-bond donors (Lipinski definition) is 0. The van der Waals surface area contributed by atoms with Crippen LogP contribution in [0.2, 0.25) is 0 Å². The highest BCUT2D eigenvalue weighted by Crippen LogP contribution is 2.25. The van der Waals surface area contributed by atoms with Crippen LogP contribution < -0.4 is 10.4 Å². The van der Waals surface area contributed by atoms with Gasteiger partial charge in [-0.2, -0.15) is 0 Å². The van der Waals surface area contributed by atoms with Gasteiger partial charge in [-0.25, -0.2) is 8.42 Å². The van der Waals surface area contributed by atoms with E-state index in [2.05, 4.69) is 0 Å². The van der Waals surface area contributed by atoms with Gasteiger partial charge in [0, 0.05) is 13.7 Å². The second kappa shape index (κ2) is 9.91. The Morgan fingerprint density at radius 3 is 1.68 bits per heavy atom. The van der Waals surface area contributed by atoms with Crippen molar-refractivity contribution in [2.45, 2.75) is 30.8 Å². The van der Waals surface area contributed by atoms with E-state index in [0.29, 0.717) is 17.9 Å². The first kappa shape index (κ1) is 23.4. The second-order valence-electron chi connectivity index (χ2n) is 8.24. The average Bonchev–Trinajstić information content (AvgIpc) is 2.79. The van der Waals surface area contributed by atoms with Gasteiger partial charge in [0.1, 0.15) is 0 Å². The van der Waals surface area contributed by atoms with Gasteiger partial charge >= 0.3 is 0 Å². The van der Waals surface area contributed by atoms with Gasteiger partial charge in [-0.15, -0.1) is 0 Å². The molecule has 31 heavy (non-hydrogen) atoms. The lowest BCUT2D eigenvalue weighted by Crippen LogP contribution is -2.68. The van der Waals surface area contributed by atoms with Crippen LogP contribution in [0.25, 0.3) is 0 Å². The molecule has 0 atom stereocenters. The number of ether oxygens (including phenoxy) is 1. The fourth-order valence-corrected chi connectivity index (χ4v) is 11.8. The minimum absolute atomic E-state index is 0.0749. The molecule has 0 unspecified atom stereocenters. The van der Waals surface area contributed by atoms with Crippen LogP contribution in [0.3, 0.4) is 0 Å². The molecule has 0 aliphatic heterocycles. The van der Waals surface area contributed by atoms with Crippen molar-refractivity contribution in [3.05, 3.63) is 91.0 Å². The lowest BCUT2D eigenvalue weighted by atomic mass is 10.1. The molecule has 0 amide bonds. The van der Waals surface area contributed by atoms with Crippen LogP contribution in [-0.2, 0) is 19.0 Å². The van der Waals surface area contributed by atoms with Gasteiger partial charge in [0.15, 0.2) is 9.84 Å². The SMILES string of the molecule is COCCC(C)(C)O[Si](CS(=O)(=O)c1ccccc1)(c1ccccc1)c1ccccc1. The first-order valence-corrected chi connectivity index (χ1v) is 14.1. The first-order valence-electron chi connectivity index (χ1n) is 10.4. The molecule has 0 saturated heterocycles. The summed E-state index contributed by atoms with van der Waals surface area (Å²) in [5, 5.41) is 1.80. The monoisotopic (exact) mass is 454 g/mol. The maximum absolute atomic E-state index is 13.6. The van der Waals surface area contributed by atoms with E-state index >= 15 is 0 Å². The van der Waals surface area contributed by atoms with Crippen molar-refractivity contribution in [3.63, 3.8) is 0 Å². The first-order chi connectivity index (χ1) is 14.8. The van der Waals surface area contributed by atoms with Gasteiger partial charge < -0.3 is 9.16 Å². The van der Waals surface area contributed by atoms with Crippen molar-refractivity contribution in [2.75, 3.05) is 19.1 Å². The maximum atomic E-state index is 13.6. The summed E-state index contributed by atoms with van der Waals surface area (Å²) < 4.78 is 39.5. The molecule has 0 saturated carbocycles. The lowest BCUT2D eigenvalue weighted by Gasteiger charge is -2.40. The fraction of sp³-hybridized carbons (Fsp3) is 0.280. The molecule has 0 N–H and O–H groups in total. The van der Waals surface area contributed by atoms with Crippen molar-refractivity contribution >= 4 is 28.5 Å². The molecule has 164 valence electrons. The molecule has 0 fully saturated rings. The Labute approximate surface area is 186 Å². The van der Waals surface area contributed by atoms with E-state index in [1.807, 2.05) is 80.6 Å². The molecule has 3 rings (SSSR count). The van der Waals surface area contributed by atoms with Crippen LogP contribution in [0, 0.1) is 0 Å². The van der Waals surface area contributed by atoms with E-state index in [0.717, 1.165) is 10.4 Å². The minimum atomic E-state index is -3.60. The Morgan fingerprint density at radius 2 is 1.23 bits per heavy atom. The third-order valence-corrected chi connectivity index (χ3v) is 12.9. The minimum Gasteiger partial charge on any atom is -0.402 e. The Kier molecular flexibility index (Phi) is 7.49. The third kappa shape index (κ3) is 5.71. The number of benzene rings is 3. The Balaban J connectivity index is 2.20. The molecule has 0 heterocycles. The number of sulfone groups is 1. The predicted octanol–water partition coefficient (Wildman–Crippen LogP) is 3.59. The molecule has 0 spiro atoms. The molecule has 3 aromatic rings. The van der Waals surface area contributed by atoms with E-state index in [-0.39, 0.29) is 5.38 Å². The van der Waals surface area contributed by atoms with Gasteiger partial charge in [-0.1, -0.05) is 78.9 Å². The summed E-state index contributed by atoms with van der Waals surface area (Å²) in [7, 11) is -5.13. The normalized spacial score (nSPS) is 12.6. The van der Waals surface area contributed by atoms with Gasteiger partial charge in [0.05, 0.1) is 15.9 Å². The summed E-state index contributed by atoms with van der Waals surface area (Å²) >= 11 is 0. The fourth-order valence-electron chi connectivity index (χ4n) is 3.74. The topological polar surface area (TPSA) is 52.6 Å². The summed E-state index contributed by atoms with van der Waals surface area (Å²) in [4.78, 5) is 0.317. The van der Waals surface area contributed by atoms with Crippen molar-refractivity contribution in [1.29, 1.82) is 0 Å². The summed E-state index contributed by atoms with van der Waals surface area (Å²) in [5.41, 5.74) is -0.569. The van der Waals surface area contributed by atoms with Crippen LogP contribution in [0.5, 0.6) is 0 Å². The predicted molar refractivity (Wildman–Crippen MR) is 128 cm³/mol. The van der Waals surface area contributed by atoms with Crippen molar-refractivity contribution in [3.8, 4) is 0 Å². The summed E-state index contributed by atoms with van der Waals surface area (Å²) in [6, 6.07) is 28.3. The summed E-state index contributed by atoms with van der Waals surface area (Å²) in [6.07, 6.45) is 0.656. The zero-order valence-electron chi connectivity index (χ0n) is 18.3. The van der Waals surface area contributed by atoms with E-state index in [9.17, 15) is 8.42 Å². The highest BCUT2D eigenvalue weighted by Gasteiger charge is 2.47. The van der Waals surface area contributed by atoms with Crippen molar-refractivity contribution in [1.82, 2.24) is 0 Å². The largest absolute Gasteiger partial charge is 0.402 e. The third-order valence-electron chi connectivity index (χ3n) is 5.33. The highest BCUT2D eigenvalue weighted by atomic mass is 32.2. The molecule has 0 aliphatic rings. The average molecular weight is 455 g/mol. The van der Waals surface area contributed by atoms with E-state index in [4.69, 9.17) is 9.16 Å². The van der Waals surface area contributed by atoms with Gasteiger partial charge in [0.25, 0.3) is 8.32 Å². The van der Waals surface area contributed by atoms with Gasteiger partial charge in [-0.3, -0.25) is 0 Å². The lowest BCUT2D eigenvalue weighted by molar-refractivity contribution is 0.0596. The van der Waals surface area contributed by atoms with Crippen LogP contribution in [0.4, 0.5) is 0 Å². The molecular weight excluding hydrogens is 424 g/mol. The highest BCUT2D eigenvalue weighted by molar-refractivity contribution is 7.93. The standard InChI is InChI=1S/C25H30O4SSi/c1-25(2,19-20-28-3)29-31(23-15-9-5-10-16-23,24-17-11-6-12-18-24)21-30(26,27)22-13-7-4-8-14-22/h4-18H,19-21H2,1-3H3. The van der Waals surface area contributed by atoms with Gasteiger partial charge in [-0.05, 0) is 42.8 Å². The number of methoxy groups -OCH3 is 1. The van der Waals surface area contributed by atoms with Crippen LogP contribution >= 0.6 is 0 Å². The molecule has 6 heteroatoms. The zero-order valence-corrected chi connectivity index (χ0v) is 20.1. The molecule has 4 nitrogen and oxygen atoms in total. The smallest absolute Gasteiger partial charge is 0.271 e. The quantitative estimate of drug-likeness (QED) is 0.439. The Morgan fingerprint density at radius 1 is 0.774 bits per heavy atom. The molecular formula is C25H30O4SSi. The molecule has 0 bridgehead atoms. The molecule has 3 aromatic carbocycles. The van der Waals surface area contributed by atoms with Crippen LogP contribution in [-0.4, -0.2) is 41.4 Å². The van der Waals surface area contributed by atoms with Crippen LogP contribution in [0.1, 0.15) is 20.3 Å². The summed E-state index contributed by atoms with van der Waals surface area (Å²) in [5.74, 6) is 0. The van der Waals surface area contributed by atoms with Crippen molar-refractivity contribution in [2.24, 2.45) is 0 Å². The molecule has 0 aliphatic carbocycles. The number of hydrogen-bond acceptors (Lipinski definition) is 4.